The van der Waals surface area contributed by atoms with Crippen LogP contribution in [0.4, 0.5) is 0 Å². The minimum Gasteiger partial charge on any atom is -0.383 e. The van der Waals surface area contributed by atoms with Crippen molar-refractivity contribution in [2.75, 3.05) is 7.05 Å². The highest BCUT2D eigenvalue weighted by Gasteiger charge is 2.54. The van der Waals surface area contributed by atoms with E-state index in [1.165, 1.54) is 6.42 Å². The molecule has 0 aromatic carbocycles. The molecule has 0 saturated carbocycles. The first-order valence-corrected chi connectivity index (χ1v) is 6.05. The van der Waals surface area contributed by atoms with Gasteiger partial charge in [0, 0.05) is 23.8 Å². The quantitative estimate of drug-likeness (QED) is 0.758. The fraction of sp³-hybridized carbons (Fsp3) is 0.583. The van der Waals surface area contributed by atoms with E-state index in [0.29, 0.717) is 11.2 Å². The second-order valence-electron chi connectivity index (χ2n) is 4.91. The van der Waals surface area contributed by atoms with Crippen LogP contribution in [0.5, 0.6) is 0 Å². The van der Waals surface area contributed by atoms with Crippen LogP contribution in [0.3, 0.4) is 0 Å². The van der Waals surface area contributed by atoms with Gasteiger partial charge in [0.1, 0.15) is 10.8 Å². The summed E-state index contributed by atoms with van der Waals surface area (Å²) in [4.78, 5) is 6.36. The number of fused-ring (bicyclic) bond motifs is 2. The van der Waals surface area contributed by atoms with Crippen LogP contribution in [0, 0.1) is 0 Å². The topological polar surface area (TPSA) is 36.4 Å². The molecule has 86 valence electrons. The fourth-order valence-electron chi connectivity index (χ4n) is 3.27. The first kappa shape index (κ1) is 10.5. The van der Waals surface area contributed by atoms with Crippen molar-refractivity contribution in [3.63, 3.8) is 0 Å². The molecule has 0 aliphatic carbocycles. The van der Waals surface area contributed by atoms with E-state index in [2.05, 4.69) is 16.9 Å². The number of hydrogen-bond donors (Lipinski definition) is 1. The second kappa shape index (κ2) is 3.42. The number of aliphatic hydroxyl groups is 1. The summed E-state index contributed by atoms with van der Waals surface area (Å²) in [7, 11) is 2.10. The molecular formula is C12H15ClN2O. The molecule has 4 heteroatoms. The standard InChI is InChI=1S/C12H15ClN2O/c1-15-9-3-4-10(15)12(16,6-9)8-2-5-11(13)14-7-8/h2,5,7,9-10,16H,3-4,6H2,1H3. The van der Waals surface area contributed by atoms with Gasteiger partial charge < -0.3 is 5.11 Å². The molecule has 0 spiro atoms. The maximum absolute atomic E-state index is 10.8. The maximum Gasteiger partial charge on any atom is 0.129 e. The highest BCUT2D eigenvalue weighted by Crippen LogP contribution is 2.48. The van der Waals surface area contributed by atoms with Gasteiger partial charge in [-0.2, -0.15) is 0 Å². The van der Waals surface area contributed by atoms with Gasteiger partial charge in [-0.15, -0.1) is 0 Å². The molecular weight excluding hydrogens is 224 g/mol. The largest absolute Gasteiger partial charge is 0.383 e. The Morgan fingerprint density at radius 1 is 1.50 bits per heavy atom. The molecule has 1 aromatic heterocycles. The molecule has 3 atom stereocenters. The number of hydrogen-bond acceptors (Lipinski definition) is 3. The van der Waals surface area contributed by atoms with E-state index in [0.717, 1.165) is 18.4 Å². The van der Waals surface area contributed by atoms with Crippen molar-refractivity contribution in [2.45, 2.75) is 36.9 Å². The summed E-state index contributed by atoms with van der Waals surface area (Å²) in [5.41, 5.74) is 0.172. The van der Waals surface area contributed by atoms with Gasteiger partial charge in [0.25, 0.3) is 0 Å². The predicted octanol–water partition coefficient (Wildman–Crippen LogP) is 1.79. The molecule has 2 fully saturated rings. The third kappa shape index (κ3) is 1.32. The summed E-state index contributed by atoms with van der Waals surface area (Å²) in [6.45, 7) is 0. The van der Waals surface area contributed by atoms with E-state index < -0.39 is 5.60 Å². The summed E-state index contributed by atoms with van der Waals surface area (Å²) in [6, 6.07) is 4.40. The van der Waals surface area contributed by atoms with Crippen molar-refractivity contribution in [3.8, 4) is 0 Å². The Bertz CT molecular complexity index is 408. The SMILES string of the molecule is CN1C2CCC1C(O)(c1ccc(Cl)nc1)C2. The molecule has 3 nitrogen and oxygen atoms in total. The molecule has 0 radical (unpaired) electrons. The third-order valence-corrected chi connectivity index (χ3v) is 4.39. The molecule has 1 aromatic rings. The average Bonchev–Trinajstić information content (AvgIpc) is 2.73. The Morgan fingerprint density at radius 3 is 2.81 bits per heavy atom. The zero-order valence-electron chi connectivity index (χ0n) is 9.23. The number of nitrogens with zero attached hydrogens (tertiary/aromatic N) is 2. The van der Waals surface area contributed by atoms with Gasteiger partial charge in [0.05, 0.1) is 0 Å². The Hall–Kier alpha value is -0.640. The molecule has 2 bridgehead atoms. The van der Waals surface area contributed by atoms with E-state index in [1.807, 2.05) is 6.07 Å². The molecule has 16 heavy (non-hydrogen) atoms. The first-order valence-electron chi connectivity index (χ1n) is 5.67. The summed E-state index contributed by atoms with van der Waals surface area (Å²) < 4.78 is 0. The van der Waals surface area contributed by atoms with Crippen LogP contribution in [-0.4, -0.2) is 34.1 Å². The third-order valence-electron chi connectivity index (χ3n) is 4.17. The summed E-state index contributed by atoms with van der Waals surface area (Å²) >= 11 is 5.77. The Balaban J connectivity index is 1.98. The van der Waals surface area contributed by atoms with E-state index in [1.54, 1.807) is 12.3 Å². The van der Waals surface area contributed by atoms with Crippen LogP contribution < -0.4 is 0 Å². The molecule has 3 heterocycles. The van der Waals surface area contributed by atoms with Crippen molar-refractivity contribution < 1.29 is 5.11 Å². The fourth-order valence-corrected chi connectivity index (χ4v) is 3.38. The zero-order chi connectivity index (χ0) is 11.3. The number of aromatic nitrogens is 1. The van der Waals surface area contributed by atoms with Crippen LogP contribution in [0.25, 0.3) is 0 Å². The lowest BCUT2D eigenvalue weighted by molar-refractivity contribution is -0.000200. The van der Waals surface area contributed by atoms with Crippen molar-refractivity contribution in [3.05, 3.63) is 29.0 Å². The molecule has 3 unspecified atom stereocenters. The Labute approximate surface area is 100 Å². The number of rotatable bonds is 1. The smallest absolute Gasteiger partial charge is 0.129 e. The molecule has 0 amide bonds. The summed E-state index contributed by atoms with van der Waals surface area (Å²) in [5, 5.41) is 11.3. The van der Waals surface area contributed by atoms with Crippen molar-refractivity contribution >= 4 is 11.6 Å². The first-order chi connectivity index (χ1) is 7.61. The van der Waals surface area contributed by atoms with Crippen LogP contribution in [0.15, 0.2) is 18.3 Å². The highest BCUT2D eigenvalue weighted by molar-refractivity contribution is 6.29. The van der Waals surface area contributed by atoms with Crippen LogP contribution in [0.2, 0.25) is 5.15 Å². The molecule has 3 rings (SSSR count). The maximum atomic E-state index is 10.8. The van der Waals surface area contributed by atoms with Gasteiger partial charge in [0.15, 0.2) is 0 Å². The van der Waals surface area contributed by atoms with E-state index in [4.69, 9.17) is 11.6 Å². The lowest BCUT2D eigenvalue weighted by atomic mass is 9.80. The predicted molar refractivity (Wildman–Crippen MR) is 62.3 cm³/mol. The van der Waals surface area contributed by atoms with Crippen molar-refractivity contribution in [1.82, 2.24) is 9.88 Å². The minimum absolute atomic E-state index is 0.237. The van der Waals surface area contributed by atoms with Gasteiger partial charge >= 0.3 is 0 Å². The summed E-state index contributed by atoms with van der Waals surface area (Å²) in [5.74, 6) is 0. The number of likely N-dealkylation sites (N-methyl/N-ethyl adjacent to an activating group) is 1. The van der Waals surface area contributed by atoms with Gasteiger partial charge in [-0.1, -0.05) is 17.7 Å². The molecule has 2 saturated heterocycles. The van der Waals surface area contributed by atoms with Crippen molar-refractivity contribution in [1.29, 1.82) is 0 Å². The van der Waals surface area contributed by atoms with Crippen LogP contribution in [0.1, 0.15) is 24.8 Å². The van der Waals surface area contributed by atoms with Crippen LogP contribution in [-0.2, 0) is 5.60 Å². The zero-order valence-corrected chi connectivity index (χ0v) is 9.98. The lowest BCUT2D eigenvalue weighted by Gasteiger charge is -2.32. The Morgan fingerprint density at radius 2 is 2.31 bits per heavy atom. The van der Waals surface area contributed by atoms with Crippen molar-refractivity contribution in [2.24, 2.45) is 0 Å². The second-order valence-corrected chi connectivity index (χ2v) is 5.30. The normalized spacial score (nSPS) is 38.2. The van der Waals surface area contributed by atoms with Gasteiger partial charge in [-0.05, 0) is 32.4 Å². The highest BCUT2D eigenvalue weighted by atomic mass is 35.5. The summed E-state index contributed by atoms with van der Waals surface area (Å²) in [6.07, 6.45) is 4.79. The van der Waals surface area contributed by atoms with E-state index in [9.17, 15) is 5.11 Å². The minimum atomic E-state index is -0.727. The molecule has 1 N–H and O–H groups in total. The molecule has 2 aliphatic heterocycles. The van der Waals surface area contributed by atoms with E-state index >= 15 is 0 Å². The van der Waals surface area contributed by atoms with Gasteiger partial charge in [-0.3, -0.25) is 4.90 Å². The van der Waals surface area contributed by atoms with E-state index in [-0.39, 0.29) is 6.04 Å². The van der Waals surface area contributed by atoms with Crippen LogP contribution >= 0.6 is 11.6 Å². The average molecular weight is 239 g/mol. The van der Waals surface area contributed by atoms with Gasteiger partial charge in [-0.25, -0.2) is 4.98 Å². The Kier molecular flexibility index (Phi) is 2.25. The number of halogens is 1. The lowest BCUT2D eigenvalue weighted by Crippen LogP contribution is -2.39. The monoisotopic (exact) mass is 238 g/mol. The number of pyridine rings is 1. The van der Waals surface area contributed by atoms with Gasteiger partial charge in [0.2, 0.25) is 0 Å². The molecule has 2 aliphatic rings.